The first kappa shape index (κ1) is 22.1. The van der Waals surface area contributed by atoms with Crippen LogP contribution in [0.3, 0.4) is 0 Å². The minimum atomic E-state index is -0.163. The van der Waals surface area contributed by atoms with E-state index in [-0.39, 0.29) is 17.1 Å². The number of nitrogens with zero attached hydrogens (tertiary/aromatic N) is 1. The van der Waals surface area contributed by atoms with Gasteiger partial charge >= 0.3 is 0 Å². The molecule has 1 saturated carbocycles. The summed E-state index contributed by atoms with van der Waals surface area (Å²) in [5, 5.41) is 5.84. The zero-order valence-electron chi connectivity index (χ0n) is 16.0. The van der Waals surface area contributed by atoms with Crippen molar-refractivity contribution in [1.29, 1.82) is 0 Å². The zero-order chi connectivity index (χ0) is 19.3. The Balaban J connectivity index is 0.000000159. The Labute approximate surface area is 166 Å². The van der Waals surface area contributed by atoms with Crippen molar-refractivity contribution < 1.29 is 19.1 Å². The van der Waals surface area contributed by atoms with Crippen LogP contribution in [0.15, 0.2) is 11.8 Å². The summed E-state index contributed by atoms with van der Waals surface area (Å²) in [4.78, 5) is 24.2. The van der Waals surface area contributed by atoms with Crippen LogP contribution in [-0.2, 0) is 19.1 Å². The zero-order valence-corrected chi connectivity index (χ0v) is 16.8. The summed E-state index contributed by atoms with van der Waals surface area (Å²) in [6.45, 7) is 7.72. The second-order valence-electron chi connectivity index (χ2n) is 6.78. The predicted octanol–water partition coefficient (Wildman–Crippen LogP) is 1.07. The van der Waals surface area contributed by atoms with Gasteiger partial charge in [-0.2, -0.15) is 0 Å². The van der Waals surface area contributed by atoms with E-state index >= 15 is 0 Å². The molecule has 154 valence electrons. The number of alkyl halides is 1. The normalized spacial score (nSPS) is 25.9. The van der Waals surface area contributed by atoms with E-state index in [4.69, 9.17) is 21.1 Å². The number of hydrogen-bond donors (Lipinski definition) is 2. The molecule has 3 heterocycles. The fourth-order valence-electron chi connectivity index (χ4n) is 3.11. The Morgan fingerprint density at radius 1 is 1.00 bits per heavy atom. The lowest BCUT2D eigenvalue weighted by Gasteiger charge is -2.31. The van der Waals surface area contributed by atoms with Crippen molar-refractivity contribution in [2.75, 3.05) is 59.2 Å². The van der Waals surface area contributed by atoms with Gasteiger partial charge in [0, 0.05) is 39.1 Å². The van der Waals surface area contributed by atoms with Gasteiger partial charge in [-0.1, -0.05) is 12.5 Å². The number of halogens is 1. The number of morpholine rings is 2. The number of carbonyl (C=O) groups is 2. The van der Waals surface area contributed by atoms with E-state index in [0.29, 0.717) is 6.42 Å². The fourth-order valence-corrected chi connectivity index (χ4v) is 3.37. The molecule has 2 saturated heterocycles. The van der Waals surface area contributed by atoms with Crippen molar-refractivity contribution >= 4 is 23.3 Å². The van der Waals surface area contributed by atoms with Crippen molar-refractivity contribution in [3.8, 4) is 0 Å². The van der Waals surface area contributed by atoms with Gasteiger partial charge in [-0.25, -0.2) is 0 Å². The molecule has 27 heavy (non-hydrogen) atoms. The Morgan fingerprint density at radius 3 is 2.19 bits per heavy atom. The Hall–Kier alpha value is -1.15. The predicted molar refractivity (Wildman–Crippen MR) is 105 cm³/mol. The molecular formula is C19H32ClN3O4. The maximum Gasteiger partial charge on any atom is 0.267 e. The number of carbonyl (C=O) groups excluding carboxylic acids is 2. The lowest BCUT2D eigenvalue weighted by Crippen LogP contribution is -2.43. The average molecular weight is 402 g/mol. The summed E-state index contributed by atoms with van der Waals surface area (Å²) in [5.41, 5.74) is 0.828. The molecule has 1 unspecified atom stereocenters. The van der Waals surface area contributed by atoms with Gasteiger partial charge in [0.25, 0.3) is 5.91 Å². The third-order valence-corrected chi connectivity index (χ3v) is 5.14. The minimum Gasteiger partial charge on any atom is -0.379 e. The molecule has 7 nitrogen and oxygen atoms in total. The summed E-state index contributed by atoms with van der Waals surface area (Å²) >= 11 is 5.62. The highest BCUT2D eigenvalue weighted by molar-refractivity contribution is 6.31. The highest BCUT2D eigenvalue weighted by atomic mass is 35.5. The van der Waals surface area contributed by atoms with Crippen molar-refractivity contribution in [2.24, 2.45) is 0 Å². The van der Waals surface area contributed by atoms with Gasteiger partial charge in [0.2, 0.25) is 0 Å². The molecule has 0 radical (unpaired) electrons. The Morgan fingerprint density at radius 2 is 1.70 bits per heavy atom. The van der Waals surface area contributed by atoms with Crippen LogP contribution in [0.4, 0.5) is 0 Å². The van der Waals surface area contributed by atoms with Crippen LogP contribution in [0, 0.1) is 0 Å². The molecule has 4 aliphatic rings. The Bertz CT molecular complexity index is 480. The molecule has 0 aromatic rings. The Kier molecular flexibility index (Phi) is 10.7. The lowest BCUT2D eigenvalue weighted by molar-refractivity contribution is -0.120. The number of hydrogen-bond acceptors (Lipinski definition) is 6. The van der Waals surface area contributed by atoms with E-state index in [1.54, 1.807) is 0 Å². The van der Waals surface area contributed by atoms with Gasteiger partial charge in [-0.15, -0.1) is 11.6 Å². The summed E-state index contributed by atoms with van der Waals surface area (Å²) < 4.78 is 10.2. The van der Waals surface area contributed by atoms with E-state index < -0.39 is 0 Å². The molecule has 0 aromatic carbocycles. The van der Waals surface area contributed by atoms with Crippen molar-refractivity contribution in [3.05, 3.63) is 11.8 Å². The molecule has 0 spiro atoms. The number of nitrogens with one attached hydrogen (secondary N) is 2. The molecule has 3 fully saturated rings. The number of rotatable bonds is 1. The quantitative estimate of drug-likeness (QED) is 0.640. The van der Waals surface area contributed by atoms with Gasteiger partial charge in [0.1, 0.15) is 0 Å². The van der Waals surface area contributed by atoms with E-state index in [1.807, 2.05) is 6.08 Å². The number of Topliss-reactive ketones (excluding diaryl/α,β-unsaturated/α-hetero) is 1. The standard InChI is InChI=1S/C9H14N2O2.C6H9ClO.C4H9NO/c12-9-8(2-1-3-10-9)11-4-6-13-7-5-11;7-5-3-1-2-4-6(5)8;1-3-6-4-2-5-1/h2H,1,3-7H2,(H,10,12);5H,1-4H2;5H,1-4H2. The molecule has 8 heteroatoms. The smallest absolute Gasteiger partial charge is 0.267 e. The van der Waals surface area contributed by atoms with Crippen LogP contribution in [0.2, 0.25) is 0 Å². The maximum absolute atomic E-state index is 11.4. The lowest BCUT2D eigenvalue weighted by atomic mass is 9.99. The van der Waals surface area contributed by atoms with Gasteiger partial charge in [0.05, 0.1) is 37.5 Å². The van der Waals surface area contributed by atoms with E-state index in [2.05, 4.69) is 15.5 Å². The first-order valence-corrected chi connectivity index (χ1v) is 10.4. The van der Waals surface area contributed by atoms with Crippen molar-refractivity contribution in [3.63, 3.8) is 0 Å². The number of amides is 1. The second-order valence-corrected chi connectivity index (χ2v) is 7.30. The van der Waals surface area contributed by atoms with Crippen molar-refractivity contribution in [2.45, 2.75) is 37.5 Å². The van der Waals surface area contributed by atoms with Gasteiger partial charge in [-0.05, 0) is 19.3 Å². The third kappa shape index (κ3) is 8.60. The molecule has 3 aliphatic heterocycles. The molecule has 2 N–H and O–H groups in total. The fraction of sp³-hybridized carbons (Fsp3) is 0.789. The van der Waals surface area contributed by atoms with Crippen molar-refractivity contribution in [1.82, 2.24) is 15.5 Å². The van der Waals surface area contributed by atoms with Crippen LogP contribution in [0.25, 0.3) is 0 Å². The molecule has 4 rings (SSSR count). The molecule has 1 amide bonds. The number of ether oxygens (including phenoxy) is 2. The molecular weight excluding hydrogens is 370 g/mol. The monoisotopic (exact) mass is 401 g/mol. The van der Waals surface area contributed by atoms with Gasteiger partial charge in [-0.3, -0.25) is 9.59 Å². The highest BCUT2D eigenvalue weighted by Crippen LogP contribution is 2.18. The first-order chi connectivity index (χ1) is 13.2. The van der Waals surface area contributed by atoms with Crippen LogP contribution in [-0.4, -0.2) is 81.1 Å². The summed E-state index contributed by atoms with van der Waals surface area (Å²) in [7, 11) is 0. The first-order valence-electron chi connectivity index (χ1n) is 9.95. The molecule has 0 aromatic heterocycles. The largest absolute Gasteiger partial charge is 0.379 e. The third-order valence-electron chi connectivity index (χ3n) is 4.68. The second kappa shape index (κ2) is 13.1. The molecule has 1 aliphatic carbocycles. The van der Waals surface area contributed by atoms with Crippen LogP contribution < -0.4 is 10.6 Å². The van der Waals surface area contributed by atoms with E-state index in [1.165, 1.54) is 0 Å². The summed E-state index contributed by atoms with van der Waals surface area (Å²) in [6, 6.07) is 0. The minimum absolute atomic E-state index is 0.0631. The van der Waals surface area contributed by atoms with Crippen LogP contribution in [0.1, 0.15) is 32.1 Å². The van der Waals surface area contributed by atoms with Crippen LogP contribution >= 0.6 is 11.6 Å². The number of ketones is 1. The summed E-state index contributed by atoms with van der Waals surface area (Å²) in [5.74, 6) is 0.297. The van der Waals surface area contributed by atoms with Gasteiger partial charge in [0.15, 0.2) is 5.78 Å². The highest BCUT2D eigenvalue weighted by Gasteiger charge is 2.21. The van der Waals surface area contributed by atoms with Gasteiger partial charge < -0.3 is 25.0 Å². The van der Waals surface area contributed by atoms with E-state index in [0.717, 1.165) is 90.5 Å². The van der Waals surface area contributed by atoms with E-state index in [9.17, 15) is 9.59 Å². The molecule has 1 atom stereocenters. The topological polar surface area (TPSA) is 79.9 Å². The maximum atomic E-state index is 11.4. The molecule has 0 bridgehead atoms. The summed E-state index contributed by atoms with van der Waals surface area (Å²) in [6.07, 6.45) is 6.72. The average Bonchev–Trinajstić information content (AvgIpc) is 2.73. The van der Waals surface area contributed by atoms with Crippen LogP contribution in [0.5, 0.6) is 0 Å². The SMILES string of the molecule is C1COCCN1.O=C1CCCCC1Cl.O=C1NCCC=C1N1CCOCC1.